The van der Waals surface area contributed by atoms with E-state index in [4.69, 9.17) is 4.74 Å². The summed E-state index contributed by atoms with van der Waals surface area (Å²) < 4.78 is 5.24. The number of benzene rings is 2. The van der Waals surface area contributed by atoms with Gasteiger partial charge in [0.1, 0.15) is 11.6 Å². The molecular formula is C20H20N2O2. The summed E-state index contributed by atoms with van der Waals surface area (Å²) in [6, 6.07) is 15.7. The molecule has 0 aliphatic rings. The van der Waals surface area contributed by atoms with E-state index in [9.17, 15) is 4.79 Å². The molecule has 1 unspecified atom stereocenters. The van der Waals surface area contributed by atoms with Crippen molar-refractivity contribution in [2.45, 2.75) is 19.8 Å². The second kappa shape index (κ2) is 6.71. The van der Waals surface area contributed by atoms with Crippen molar-refractivity contribution in [2.24, 2.45) is 0 Å². The van der Waals surface area contributed by atoms with Crippen LogP contribution in [0.25, 0.3) is 10.8 Å². The first-order chi connectivity index (χ1) is 11.6. The van der Waals surface area contributed by atoms with Crippen LogP contribution >= 0.6 is 0 Å². The summed E-state index contributed by atoms with van der Waals surface area (Å²) in [4.78, 5) is 16.7. The van der Waals surface area contributed by atoms with Crippen molar-refractivity contribution in [2.75, 3.05) is 12.4 Å². The highest BCUT2D eigenvalue weighted by molar-refractivity contribution is 5.96. The van der Waals surface area contributed by atoms with Gasteiger partial charge in [-0.05, 0) is 60.0 Å². The number of methoxy groups -OCH3 is 1. The van der Waals surface area contributed by atoms with Gasteiger partial charge in [0.15, 0.2) is 0 Å². The maximum Gasteiger partial charge on any atom is 0.232 e. The maximum absolute atomic E-state index is 12.5. The second-order valence-electron chi connectivity index (χ2n) is 5.90. The predicted molar refractivity (Wildman–Crippen MR) is 96.5 cm³/mol. The standard InChI is InChI=1S/C20H20N2O2/c1-13-8-9-21-19(10-13)22-20(23)14(2)15-4-5-17-12-18(24-3)7-6-16(17)11-15/h4-12,14H,1-3H3,(H,21,22,23). The average molecular weight is 320 g/mol. The smallest absolute Gasteiger partial charge is 0.232 e. The van der Waals surface area contributed by atoms with Crippen molar-refractivity contribution in [1.29, 1.82) is 0 Å². The maximum atomic E-state index is 12.5. The Morgan fingerprint density at radius 3 is 2.58 bits per heavy atom. The number of rotatable bonds is 4. The quantitative estimate of drug-likeness (QED) is 0.780. The summed E-state index contributed by atoms with van der Waals surface area (Å²) in [5.74, 6) is 1.07. The highest BCUT2D eigenvalue weighted by Gasteiger charge is 2.16. The Bertz CT molecular complexity index is 890. The molecule has 0 radical (unpaired) electrons. The van der Waals surface area contributed by atoms with Gasteiger partial charge < -0.3 is 10.1 Å². The van der Waals surface area contributed by atoms with Crippen molar-refractivity contribution in [3.05, 3.63) is 65.9 Å². The van der Waals surface area contributed by atoms with Crippen LogP contribution in [0.4, 0.5) is 5.82 Å². The molecule has 0 fully saturated rings. The molecule has 4 heteroatoms. The molecule has 1 aromatic heterocycles. The van der Waals surface area contributed by atoms with E-state index in [0.717, 1.165) is 27.6 Å². The predicted octanol–water partition coefficient (Wildman–Crippen LogP) is 4.29. The van der Waals surface area contributed by atoms with Crippen molar-refractivity contribution in [3.8, 4) is 5.75 Å². The highest BCUT2D eigenvalue weighted by atomic mass is 16.5. The Morgan fingerprint density at radius 2 is 1.83 bits per heavy atom. The van der Waals surface area contributed by atoms with Gasteiger partial charge in [-0.25, -0.2) is 4.98 Å². The number of carbonyl (C=O) groups is 1. The van der Waals surface area contributed by atoms with E-state index in [1.165, 1.54) is 0 Å². The van der Waals surface area contributed by atoms with E-state index in [2.05, 4.69) is 10.3 Å². The van der Waals surface area contributed by atoms with Gasteiger partial charge in [0.05, 0.1) is 13.0 Å². The summed E-state index contributed by atoms with van der Waals surface area (Å²) >= 11 is 0. The molecule has 4 nitrogen and oxygen atoms in total. The molecule has 122 valence electrons. The van der Waals surface area contributed by atoms with Gasteiger partial charge in [-0.3, -0.25) is 4.79 Å². The number of fused-ring (bicyclic) bond motifs is 1. The zero-order valence-electron chi connectivity index (χ0n) is 14.0. The normalized spacial score (nSPS) is 12.0. The van der Waals surface area contributed by atoms with Gasteiger partial charge in [0.25, 0.3) is 0 Å². The number of aromatic nitrogens is 1. The Morgan fingerprint density at radius 1 is 1.08 bits per heavy atom. The van der Waals surface area contributed by atoms with Crippen molar-refractivity contribution >= 4 is 22.5 Å². The number of aryl methyl sites for hydroxylation is 1. The van der Waals surface area contributed by atoms with Gasteiger partial charge in [0, 0.05) is 6.20 Å². The zero-order valence-corrected chi connectivity index (χ0v) is 14.0. The van der Waals surface area contributed by atoms with E-state index >= 15 is 0 Å². The number of hydrogen-bond acceptors (Lipinski definition) is 3. The molecule has 0 bridgehead atoms. The molecule has 1 N–H and O–H groups in total. The lowest BCUT2D eigenvalue weighted by Crippen LogP contribution is -2.19. The molecule has 1 amide bonds. The van der Waals surface area contributed by atoms with Crippen LogP contribution in [0.15, 0.2) is 54.7 Å². The Labute approximate surface area is 141 Å². The number of ether oxygens (including phenoxy) is 1. The van der Waals surface area contributed by atoms with E-state index in [1.54, 1.807) is 13.3 Å². The number of hydrogen-bond donors (Lipinski definition) is 1. The third-order valence-corrected chi connectivity index (χ3v) is 4.13. The van der Waals surface area contributed by atoms with Gasteiger partial charge in [0.2, 0.25) is 5.91 Å². The SMILES string of the molecule is COc1ccc2cc(C(C)C(=O)Nc3cc(C)ccn3)ccc2c1. The summed E-state index contributed by atoms with van der Waals surface area (Å²) in [6.45, 7) is 3.87. The Hall–Kier alpha value is -2.88. The van der Waals surface area contributed by atoms with E-state index in [0.29, 0.717) is 5.82 Å². The second-order valence-corrected chi connectivity index (χ2v) is 5.90. The average Bonchev–Trinajstić information content (AvgIpc) is 2.60. The summed E-state index contributed by atoms with van der Waals surface area (Å²) in [6.07, 6.45) is 1.69. The number of anilines is 1. The minimum atomic E-state index is -0.265. The monoisotopic (exact) mass is 320 g/mol. The number of nitrogens with one attached hydrogen (secondary N) is 1. The molecule has 1 heterocycles. The number of carbonyl (C=O) groups excluding carboxylic acids is 1. The third kappa shape index (κ3) is 3.38. The van der Waals surface area contributed by atoms with Gasteiger partial charge in [-0.15, -0.1) is 0 Å². The van der Waals surface area contributed by atoms with Crippen LogP contribution < -0.4 is 10.1 Å². The molecule has 3 rings (SSSR count). The first-order valence-corrected chi connectivity index (χ1v) is 7.88. The number of nitrogens with zero attached hydrogens (tertiary/aromatic N) is 1. The fourth-order valence-corrected chi connectivity index (χ4v) is 2.63. The van der Waals surface area contributed by atoms with Crippen LogP contribution in [-0.4, -0.2) is 18.0 Å². The Kier molecular flexibility index (Phi) is 4.47. The molecule has 2 aromatic carbocycles. The number of amides is 1. The lowest BCUT2D eigenvalue weighted by atomic mass is 9.97. The molecule has 0 saturated carbocycles. The first kappa shape index (κ1) is 16.0. The van der Waals surface area contributed by atoms with Gasteiger partial charge >= 0.3 is 0 Å². The van der Waals surface area contributed by atoms with Crippen molar-refractivity contribution < 1.29 is 9.53 Å². The van der Waals surface area contributed by atoms with Crippen molar-refractivity contribution in [1.82, 2.24) is 4.98 Å². The van der Waals surface area contributed by atoms with Crippen LogP contribution in [0, 0.1) is 6.92 Å². The fraction of sp³-hybridized carbons (Fsp3) is 0.200. The molecule has 0 aliphatic heterocycles. The van der Waals surface area contributed by atoms with Crippen LogP contribution in [0.2, 0.25) is 0 Å². The molecule has 1 atom stereocenters. The van der Waals surface area contributed by atoms with Crippen LogP contribution in [0.3, 0.4) is 0 Å². The fourth-order valence-electron chi connectivity index (χ4n) is 2.63. The molecule has 0 saturated heterocycles. The minimum Gasteiger partial charge on any atom is -0.497 e. The van der Waals surface area contributed by atoms with Crippen LogP contribution in [0.1, 0.15) is 24.0 Å². The zero-order chi connectivity index (χ0) is 17.1. The highest BCUT2D eigenvalue weighted by Crippen LogP contribution is 2.25. The van der Waals surface area contributed by atoms with E-state index in [-0.39, 0.29) is 11.8 Å². The van der Waals surface area contributed by atoms with Gasteiger partial charge in [-0.2, -0.15) is 0 Å². The van der Waals surface area contributed by atoms with Gasteiger partial charge in [-0.1, -0.05) is 24.3 Å². The molecule has 24 heavy (non-hydrogen) atoms. The number of pyridine rings is 1. The molecular weight excluding hydrogens is 300 g/mol. The summed E-state index contributed by atoms with van der Waals surface area (Å²) in [5.41, 5.74) is 2.03. The van der Waals surface area contributed by atoms with Crippen LogP contribution in [-0.2, 0) is 4.79 Å². The van der Waals surface area contributed by atoms with E-state index < -0.39 is 0 Å². The topological polar surface area (TPSA) is 51.2 Å². The lowest BCUT2D eigenvalue weighted by Gasteiger charge is -2.13. The van der Waals surface area contributed by atoms with Crippen LogP contribution in [0.5, 0.6) is 5.75 Å². The molecule has 0 spiro atoms. The first-order valence-electron chi connectivity index (χ1n) is 7.88. The summed E-state index contributed by atoms with van der Waals surface area (Å²) in [7, 11) is 1.65. The minimum absolute atomic E-state index is 0.0686. The Balaban J connectivity index is 1.82. The largest absolute Gasteiger partial charge is 0.497 e. The van der Waals surface area contributed by atoms with E-state index in [1.807, 2.05) is 62.4 Å². The van der Waals surface area contributed by atoms with Crippen molar-refractivity contribution in [3.63, 3.8) is 0 Å². The molecule has 0 aliphatic carbocycles. The third-order valence-electron chi connectivity index (χ3n) is 4.13. The summed E-state index contributed by atoms with van der Waals surface area (Å²) in [5, 5.41) is 5.05. The molecule has 3 aromatic rings. The lowest BCUT2D eigenvalue weighted by molar-refractivity contribution is -0.117.